The summed E-state index contributed by atoms with van der Waals surface area (Å²) in [4.78, 5) is 16.3. The van der Waals surface area contributed by atoms with Crippen molar-refractivity contribution in [2.24, 2.45) is 0 Å². The van der Waals surface area contributed by atoms with Crippen LogP contribution in [0.25, 0.3) is 0 Å². The number of carbonyl (C=O) groups is 1. The zero-order valence-electron chi connectivity index (χ0n) is 12.9. The van der Waals surface area contributed by atoms with Gasteiger partial charge in [-0.15, -0.1) is 0 Å². The molecular formula is C17H17FN2O3S. The lowest BCUT2D eigenvalue weighted by atomic mass is 10.0. The largest absolute Gasteiger partial charge is 0.348 e. The van der Waals surface area contributed by atoms with E-state index in [9.17, 15) is 17.6 Å². The average Bonchev–Trinajstić information content (AvgIpc) is 2.86. The Hall–Kier alpha value is -2.28. The summed E-state index contributed by atoms with van der Waals surface area (Å²) in [6.07, 6.45) is 3.96. The second kappa shape index (κ2) is 6.68. The number of nitrogens with one attached hydrogen (secondary N) is 1. The molecule has 1 amide bonds. The molecule has 0 spiro atoms. The summed E-state index contributed by atoms with van der Waals surface area (Å²) in [6, 6.07) is 7.59. The van der Waals surface area contributed by atoms with E-state index in [1.807, 2.05) is 0 Å². The van der Waals surface area contributed by atoms with Crippen molar-refractivity contribution < 1.29 is 17.6 Å². The number of rotatable bonds is 4. The van der Waals surface area contributed by atoms with Crippen LogP contribution >= 0.6 is 0 Å². The first-order valence-electron chi connectivity index (χ1n) is 7.61. The molecule has 126 valence electrons. The number of amides is 1. The quantitative estimate of drug-likeness (QED) is 0.913. The molecule has 1 saturated heterocycles. The van der Waals surface area contributed by atoms with E-state index in [4.69, 9.17) is 0 Å². The molecular weight excluding hydrogens is 331 g/mol. The van der Waals surface area contributed by atoms with Gasteiger partial charge in [-0.3, -0.25) is 9.78 Å². The molecule has 1 N–H and O–H groups in total. The van der Waals surface area contributed by atoms with E-state index in [-0.39, 0.29) is 29.3 Å². The lowest BCUT2D eigenvalue weighted by Gasteiger charge is -2.11. The molecule has 1 aliphatic heterocycles. The van der Waals surface area contributed by atoms with E-state index in [2.05, 4.69) is 10.3 Å². The van der Waals surface area contributed by atoms with Gasteiger partial charge in [0, 0.05) is 18.4 Å². The Labute approximate surface area is 139 Å². The van der Waals surface area contributed by atoms with Crippen molar-refractivity contribution in [1.29, 1.82) is 0 Å². The molecule has 0 unspecified atom stereocenters. The Morgan fingerprint density at radius 3 is 2.79 bits per heavy atom. The fourth-order valence-corrected chi connectivity index (χ4v) is 4.44. The zero-order chi connectivity index (χ0) is 17.2. The molecule has 1 aromatic carbocycles. The fourth-order valence-electron chi connectivity index (χ4n) is 2.77. The summed E-state index contributed by atoms with van der Waals surface area (Å²) in [6.45, 7) is 0. The summed E-state index contributed by atoms with van der Waals surface area (Å²) in [5, 5.41) is 2.73. The normalized spacial score (nSPS) is 19.1. The highest BCUT2D eigenvalue weighted by atomic mass is 32.2. The Balaban J connectivity index is 1.69. The maximum Gasteiger partial charge on any atom is 0.253 e. The van der Waals surface area contributed by atoms with Gasteiger partial charge in [-0.25, -0.2) is 12.8 Å². The van der Waals surface area contributed by atoms with Gasteiger partial charge in [-0.05, 0) is 42.2 Å². The second-order valence-electron chi connectivity index (χ2n) is 5.96. The number of sulfone groups is 1. The van der Waals surface area contributed by atoms with Gasteiger partial charge >= 0.3 is 0 Å². The van der Waals surface area contributed by atoms with Crippen LogP contribution < -0.4 is 5.32 Å². The Morgan fingerprint density at radius 1 is 1.25 bits per heavy atom. The smallest absolute Gasteiger partial charge is 0.253 e. The van der Waals surface area contributed by atoms with Crippen LogP contribution in [-0.4, -0.2) is 36.9 Å². The maximum absolute atomic E-state index is 13.2. The van der Waals surface area contributed by atoms with Crippen LogP contribution in [0, 0.1) is 5.82 Å². The minimum Gasteiger partial charge on any atom is -0.348 e. The zero-order valence-corrected chi connectivity index (χ0v) is 13.7. The number of pyridine rings is 1. The second-order valence-corrected chi connectivity index (χ2v) is 8.19. The van der Waals surface area contributed by atoms with E-state index < -0.39 is 9.84 Å². The molecule has 1 aliphatic rings. The molecule has 2 aromatic rings. The summed E-state index contributed by atoms with van der Waals surface area (Å²) in [5.41, 5.74) is 1.94. The number of benzene rings is 1. The van der Waals surface area contributed by atoms with Crippen molar-refractivity contribution in [3.8, 4) is 0 Å². The van der Waals surface area contributed by atoms with E-state index in [1.165, 1.54) is 18.3 Å². The standard InChI is InChI=1S/C17H17FN2O3S/c18-15-3-1-2-12(8-15)6-13-7-14(10-19-9-13)17(21)20-16-4-5-24(22,23)11-16/h1-3,7-10,16H,4-6,11H2,(H,20,21)/t16-/m0/s1. The molecule has 1 fully saturated rings. The Kier molecular flexibility index (Phi) is 4.62. The van der Waals surface area contributed by atoms with Crippen LogP contribution in [0.5, 0.6) is 0 Å². The first-order valence-corrected chi connectivity index (χ1v) is 9.43. The fraction of sp³-hybridized carbons (Fsp3) is 0.294. The molecule has 24 heavy (non-hydrogen) atoms. The molecule has 1 atom stereocenters. The number of halogens is 1. The third kappa shape index (κ3) is 4.17. The van der Waals surface area contributed by atoms with Crippen LogP contribution in [0.15, 0.2) is 42.7 Å². The van der Waals surface area contributed by atoms with Gasteiger partial charge in [-0.1, -0.05) is 12.1 Å². The van der Waals surface area contributed by atoms with Crippen molar-refractivity contribution in [2.75, 3.05) is 11.5 Å². The molecule has 0 radical (unpaired) electrons. The van der Waals surface area contributed by atoms with Gasteiger partial charge in [0.25, 0.3) is 5.91 Å². The van der Waals surface area contributed by atoms with Gasteiger partial charge < -0.3 is 5.32 Å². The monoisotopic (exact) mass is 348 g/mol. The Morgan fingerprint density at radius 2 is 2.08 bits per heavy atom. The van der Waals surface area contributed by atoms with E-state index >= 15 is 0 Å². The highest BCUT2D eigenvalue weighted by Crippen LogP contribution is 2.14. The van der Waals surface area contributed by atoms with Gasteiger partial charge in [0.2, 0.25) is 0 Å². The van der Waals surface area contributed by atoms with Gasteiger partial charge in [0.1, 0.15) is 5.82 Å². The molecule has 7 heteroatoms. The van der Waals surface area contributed by atoms with E-state index in [0.29, 0.717) is 18.4 Å². The lowest BCUT2D eigenvalue weighted by molar-refractivity contribution is 0.0940. The molecule has 2 heterocycles. The minimum absolute atomic E-state index is 0.0187. The van der Waals surface area contributed by atoms with E-state index in [1.54, 1.807) is 24.4 Å². The summed E-state index contributed by atoms with van der Waals surface area (Å²) in [7, 11) is -3.04. The minimum atomic E-state index is -3.04. The molecule has 1 aromatic heterocycles. The molecule has 3 rings (SSSR count). The van der Waals surface area contributed by atoms with Crippen molar-refractivity contribution in [2.45, 2.75) is 18.9 Å². The lowest BCUT2D eigenvalue weighted by Crippen LogP contribution is -2.35. The van der Waals surface area contributed by atoms with Crippen molar-refractivity contribution in [3.05, 3.63) is 65.2 Å². The van der Waals surface area contributed by atoms with Crippen molar-refractivity contribution in [1.82, 2.24) is 10.3 Å². The van der Waals surface area contributed by atoms with Crippen LogP contribution in [0.4, 0.5) is 4.39 Å². The number of hydrogen-bond acceptors (Lipinski definition) is 4. The SMILES string of the molecule is O=C(N[C@H]1CCS(=O)(=O)C1)c1cncc(Cc2cccc(F)c2)c1. The predicted octanol–water partition coefficient (Wildman–Crippen LogP) is 1.73. The summed E-state index contributed by atoms with van der Waals surface area (Å²) >= 11 is 0. The predicted molar refractivity (Wildman–Crippen MR) is 88.0 cm³/mol. The highest BCUT2D eigenvalue weighted by Gasteiger charge is 2.29. The highest BCUT2D eigenvalue weighted by molar-refractivity contribution is 7.91. The van der Waals surface area contributed by atoms with E-state index in [0.717, 1.165) is 11.1 Å². The molecule has 0 aliphatic carbocycles. The topological polar surface area (TPSA) is 76.1 Å². The number of hydrogen-bond donors (Lipinski definition) is 1. The summed E-state index contributed by atoms with van der Waals surface area (Å²) in [5.74, 6) is -0.562. The van der Waals surface area contributed by atoms with Crippen LogP contribution in [0.3, 0.4) is 0 Å². The molecule has 5 nitrogen and oxygen atoms in total. The summed E-state index contributed by atoms with van der Waals surface area (Å²) < 4.78 is 36.1. The van der Waals surface area contributed by atoms with Crippen LogP contribution in [0.1, 0.15) is 27.9 Å². The Bertz CT molecular complexity index is 868. The van der Waals surface area contributed by atoms with Gasteiger partial charge in [0.15, 0.2) is 9.84 Å². The van der Waals surface area contributed by atoms with Crippen LogP contribution in [-0.2, 0) is 16.3 Å². The van der Waals surface area contributed by atoms with Crippen LogP contribution in [0.2, 0.25) is 0 Å². The number of carbonyl (C=O) groups excluding carboxylic acids is 1. The average molecular weight is 348 g/mol. The van der Waals surface area contributed by atoms with Crippen molar-refractivity contribution in [3.63, 3.8) is 0 Å². The third-order valence-corrected chi connectivity index (χ3v) is 5.69. The first-order chi connectivity index (χ1) is 11.4. The number of nitrogens with zero attached hydrogens (tertiary/aromatic N) is 1. The number of aromatic nitrogens is 1. The van der Waals surface area contributed by atoms with Gasteiger partial charge in [-0.2, -0.15) is 0 Å². The van der Waals surface area contributed by atoms with Crippen molar-refractivity contribution >= 4 is 15.7 Å². The maximum atomic E-state index is 13.2. The first kappa shape index (κ1) is 16.6. The molecule has 0 saturated carbocycles. The third-order valence-electron chi connectivity index (χ3n) is 3.92. The molecule has 0 bridgehead atoms. The van der Waals surface area contributed by atoms with Gasteiger partial charge in [0.05, 0.1) is 17.1 Å².